The van der Waals surface area contributed by atoms with Gasteiger partial charge in [0.15, 0.2) is 11.5 Å². The Hall–Kier alpha value is -2.21. The number of hydrogen-bond acceptors (Lipinski definition) is 4. The number of para-hydroxylation sites is 1. The molecule has 6 heteroatoms. The fourth-order valence-corrected chi connectivity index (χ4v) is 2.68. The molecule has 0 atom stereocenters. The molecular formula is C17H17BrN2O3. The van der Waals surface area contributed by atoms with Gasteiger partial charge in [0.1, 0.15) is 0 Å². The highest BCUT2D eigenvalue weighted by molar-refractivity contribution is 9.10. The molecule has 0 fully saturated rings. The van der Waals surface area contributed by atoms with Crippen LogP contribution in [0.25, 0.3) is 0 Å². The number of anilines is 1. The van der Waals surface area contributed by atoms with E-state index in [9.17, 15) is 4.79 Å². The van der Waals surface area contributed by atoms with Gasteiger partial charge in [0.05, 0.1) is 0 Å². The first-order valence-electron chi connectivity index (χ1n) is 7.36. The van der Waals surface area contributed by atoms with Gasteiger partial charge in [0, 0.05) is 29.7 Å². The average Bonchev–Trinajstić information content (AvgIpc) is 3.02. The summed E-state index contributed by atoms with van der Waals surface area (Å²) in [6, 6.07) is 13.5. The van der Waals surface area contributed by atoms with Gasteiger partial charge >= 0.3 is 0 Å². The summed E-state index contributed by atoms with van der Waals surface area (Å²) in [6.45, 7) is 1.31. The zero-order chi connectivity index (χ0) is 16.1. The maximum absolute atomic E-state index is 11.9. The van der Waals surface area contributed by atoms with Crippen molar-refractivity contribution in [1.82, 2.24) is 5.32 Å². The predicted octanol–water partition coefficient (Wildman–Crippen LogP) is 3.30. The van der Waals surface area contributed by atoms with Gasteiger partial charge in [0.2, 0.25) is 12.7 Å². The highest BCUT2D eigenvalue weighted by Gasteiger charge is 2.13. The van der Waals surface area contributed by atoms with E-state index in [1.54, 1.807) is 0 Å². The summed E-state index contributed by atoms with van der Waals surface area (Å²) in [5.74, 6) is 1.48. The Morgan fingerprint density at radius 1 is 1.13 bits per heavy atom. The van der Waals surface area contributed by atoms with E-state index in [-0.39, 0.29) is 12.7 Å². The number of nitrogens with one attached hydrogen (secondary N) is 2. The molecule has 0 bridgehead atoms. The van der Waals surface area contributed by atoms with E-state index >= 15 is 0 Å². The zero-order valence-corrected chi connectivity index (χ0v) is 14.1. The minimum absolute atomic E-state index is 0.00206. The molecule has 2 aromatic carbocycles. The standard InChI is InChI=1S/C17H17BrN2O3/c18-13-3-1-2-4-14(13)19-8-7-17(21)20-10-12-5-6-15-16(9-12)23-11-22-15/h1-6,9,19H,7-8,10-11H2,(H,20,21). The Bertz CT molecular complexity index is 706. The largest absolute Gasteiger partial charge is 0.454 e. The minimum atomic E-state index is 0.00206. The van der Waals surface area contributed by atoms with Gasteiger partial charge in [-0.15, -0.1) is 0 Å². The lowest BCUT2D eigenvalue weighted by Crippen LogP contribution is -2.24. The van der Waals surface area contributed by atoms with Crippen molar-refractivity contribution in [3.63, 3.8) is 0 Å². The Labute approximate surface area is 143 Å². The van der Waals surface area contributed by atoms with Crippen molar-refractivity contribution in [2.75, 3.05) is 18.7 Å². The van der Waals surface area contributed by atoms with Crippen molar-refractivity contribution in [3.8, 4) is 11.5 Å². The van der Waals surface area contributed by atoms with Gasteiger partial charge in [-0.25, -0.2) is 0 Å². The Morgan fingerprint density at radius 2 is 1.96 bits per heavy atom. The number of carbonyl (C=O) groups is 1. The number of rotatable bonds is 6. The first kappa shape index (κ1) is 15.7. The van der Waals surface area contributed by atoms with Crippen LogP contribution in [0.5, 0.6) is 11.5 Å². The lowest BCUT2D eigenvalue weighted by atomic mass is 10.2. The van der Waals surface area contributed by atoms with Crippen LogP contribution in [-0.2, 0) is 11.3 Å². The second-order valence-corrected chi connectivity index (χ2v) is 5.98. The molecule has 1 aliphatic rings. The number of amides is 1. The Morgan fingerprint density at radius 3 is 2.83 bits per heavy atom. The lowest BCUT2D eigenvalue weighted by Gasteiger charge is -2.09. The normalized spacial score (nSPS) is 12.0. The summed E-state index contributed by atoms with van der Waals surface area (Å²) in [6.07, 6.45) is 0.409. The highest BCUT2D eigenvalue weighted by Crippen LogP contribution is 2.32. The average molecular weight is 377 g/mol. The summed E-state index contributed by atoms with van der Waals surface area (Å²) < 4.78 is 11.6. The molecule has 0 spiro atoms. The van der Waals surface area contributed by atoms with Gasteiger partial charge in [-0.1, -0.05) is 18.2 Å². The molecule has 120 valence electrons. The number of benzene rings is 2. The predicted molar refractivity (Wildman–Crippen MR) is 91.7 cm³/mol. The molecule has 0 radical (unpaired) electrons. The van der Waals surface area contributed by atoms with Crippen molar-refractivity contribution in [3.05, 3.63) is 52.5 Å². The second-order valence-electron chi connectivity index (χ2n) is 5.12. The topological polar surface area (TPSA) is 59.6 Å². The number of ether oxygens (including phenoxy) is 2. The molecule has 1 heterocycles. The second kappa shape index (κ2) is 7.37. The molecule has 3 rings (SSSR count). The maximum Gasteiger partial charge on any atom is 0.231 e. The minimum Gasteiger partial charge on any atom is -0.454 e. The molecule has 5 nitrogen and oxygen atoms in total. The first-order chi connectivity index (χ1) is 11.2. The molecule has 2 N–H and O–H groups in total. The summed E-state index contributed by atoms with van der Waals surface area (Å²) in [7, 11) is 0. The quantitative estimate of drug-likeness (QED) is 0.811. The molecule has 0 aromatic heterocycles. The molecule has 0 unspecified atom stereocenters. The van der Waals surface area contributed by atoms with Crippen molar-refractivity contribution >= 4 is 27.5 Å². The molecule has 1 amide bonds. The third kappa shape index (κ3) is 4.16. The van der Waals surface area contributed by atoms with Gasteiger partial charge < -0.3 is 20.1 Å². The van der Waals surface area contributed by atoms with Crippen LogP contribution < -0.4 is 20.1 Å². The summed E-state index contributed by atoms with van der Waals surface area (Å²) in [5, 5.41) is 6.14. The van der Waals surface area contributed by atoms with Crippen LogP contribution in [0, 0.1) is 0 Å². The third-order valence-corrected chi connectivity index (χ3v) is 4.16. The van der Waals surface area contributed by atoms with Crippen LogP contribution in [0.4, 0.5) is 5.69 Å². The van der Waals surface area contributed by atoms with Crippen molar-refractivity contribution < 1.29 is 14.3 Å². The van der Waals surface area contributed by atoms with Crippen LogP contribution in [-0.4, -0.2) is 19.2 Å². The van der Waals surface area contributed by atoms with Crippen molar-refractivity contribution in [2.24, 2.45) is 0 Å². The first-order valence-corrected chi connectivity index (χ1v) is 8.15. The number of fused-ring (bicyclic) bond motifs is 1. The van der Waals surface area contributed by atoms with Crippen molar-refractivity contribution in [1.29, 1.82) is 0 Å². The van der Waals surface area contributed by atoms with Crippen LogP contribution in [0.2, 0.25) is 0 Å². The van der Waals surface area contributed by atoms with Crippen LogP contribution >= 0.6 is 15.9 Å². The summed E-state index contributed by atoms with van der Waals surface area (Å²) >= 11 is 3.46. The molecule has 0 aliphatic carbocycles. The molecule has 0 saturated carbocycles. The van der Waals surface area contributed by atoms with Crippen LogP contribution in [0.15, 0.2) is 46.9 Å². The molecule has 23 heavy (non-hydrogen) atoms. The van der Waals surface area contributed by atoms with E-state index < -0.39 is 0 Å². The maximum atomic E-state index is 11.9. The van der Waals surface area contributed by atoms with Crippen LogP contribution in [0.1, 0.15) is 12.0 Å². The highest BCUT2D eigenvalue weighted by atomic mass is 79.9. The van der Waals surface area contributed by atoms with E-state index in [4.69, 9.17) is 9.47 Å². The van der Waals surface area contributed by atoms with Gasteiger partial charge in [-0.2, -0.15) is 0 Å². The molecule has 1 aliphatic heterocycles. The summed E-state index contributed by atoms with van der Waals surface area (Å²) in [5.41, 5.74) is 1.97. The van der Waals surface area contributed by atoms with E-state index in [0.29, 0.717) is 19.5 Å². The fourth-order valence-electron chi connectivity index (χ4n) is 2.26. The lowest BCUT2D eigenvalue weighted by molar-refractivity contribution is -0.121. The molecule has 2 aromatic rings. The Kier molecular flexibility index (Phi) is 5.02. The van der Waals surface area contributed by atoms with Gasteiger partial charge in [-0.3, -0.25) is 4.79 Å². The fraction of sp³-hybridized carbons (Fsp3) is 0.235. The number of halogens is 1. The monoisotopic (exact) mass is 376 g/mol. The van der Waals surface area contributed by atoms with Gasteiger partial charge in [-0.05, 0) is 45.8 Å². The van der Waals surface area contributed by atoms with Gasteiger partial charge in [0.25, 0.3) is 0 Å². The zero-order valence-electron chi connectivity index (χ0n) is 12.5. The van der Waals surface area contributed by atoms with Crippen molar-refractivity contribution in [2.45, 2.75) is 13.0 Å². The van der Waals surface area contributed by atoms with E-state index in [1.807, 2.05) is 42.5 Å². The number of hydrogen-bond donors (Lipinski definition) is 2. The third-order valence-electron chi connectivity index (χ3n) is 3.47. The van der Waals surface area contributed by atoms with E-state index in [1.165, 1.54) is 0 Å². The Balaban J connectivity index is 1.42. The number of carbonyl (C=O) groups excluding carboxylic acids is 1. The van der Waals surface area contributed by atoms with E-state index in [2.05, 4.69) is 26.6 Å². The molecular weight excluding hydrogens is 360 g/mol. The van der Waals surface area contributed by atoms with E-state index in [0.717, 1.165) is 27.2 Å². The summed E-state index contributed by atoms with van der Waals surface area (Å²) in [4.78, 5) is 11.9. The SMILES string of the molecule is O=C(CCNc1ccccc1Br)NCc1ccc2c(c1)OCO2. The van der Waals surface area contributed by atoms with Crippen LogP contribution in [0.3, 0.4) is 0 Å². The smallest absolute Gasteiger partial charge is 0.231 e. The molecule has 0 saturated heterocycles.